The van der Waals surface area contributed by atoms with Crippen LogP contribution in [0.15, 0.2) is 59.6 Å². The van der Waals surface area contributed by atoms with E-state index in [1.54, 1.807) is 11.8 Å². The fraction of sp³-hybridized carbons (Fsp3) is 0.286. The number of piperidine rings is 1. The summed E-state index contributed by atoms with van der Waals surface area (Å²) in [5.41, 5.74) is 2.63. The quantitative estimate of drug-likeness (QED) is 0.689. The molecule has 5 nitrogen and oxygen atoms in total. The van der Waals surface area contributed by atoms with E-state index in [2.05, 4.69) is 15.2 Å². The zero-order valence-electron chi connectivity index (χ0n) is 15.3. The third-order valence-electron chi connectivity index (χ3n) is 4.89. The molecule has 0 aliphatic carbocycles. The van der Waals surface area contributed by atoms with Crippen LogP contribution >= 0.6 is 11.8 Å². The first kappa shape index (κ1) is 17.8. The molecule has 1 amide bonds. The van der Waals surface area contributed by atoms with Gasteiger partial charge in [0.15, 0.2) is 0 Å². The molecule has 0 bridgehead atoms. The number of carbonyl (C=O) groups is 1. The lowest BCUT2D eigenvalue weighted by Crippen LogP contribution is -2.41. The van der Waals surface area contributed by atoms with Crippen molar-refractivity contribution in [1.29, 1.82) is 0 Å². The minimum atomic E-state index is -0.0510. The Kier molecular flexibility index (Phi) is 5.25. The Hall–Kier alpha value is -2.60. The highest BCUT2D eigenvalue weighted by Crippen LogP contribution is 2.25. The van der Waals surface area contributed by atoms with E-state index in [1.165, 1.54) is 0 Å². The number of para-hydroxylation sites is 2. The summed E-state index contributed by atoms with van der Waals surface area (Å²) in [6.07, 6.45) is 5.71. The van der Waals surface area contributed by atoms with E-state index in [1.807, 2.05) is 61.0 Å². The molecule has 138 valence electrons. The highest BCUT2D eigenvalue weighted by molar-refractivity contribution is 7.98. The van der Waals surface area contributed by atoms with Crippen LogP contribution in [0.2, 0.25) is 0 Å². The number of aromatic nitrogens is 2. The number of hydrogen-bond acceptors (Lipinski definition) is 5. The molecule has 1 aromatic heterocycles. The molecule has 0 spiro atoms. The topological polar surface area (TPSA) is 58.1 Å². The van der Waals surface area contributed by atoms with Gasteiger partial charge in [0.2, 0.25) is 5.91 Å². The number of fused-ring (bicyclic) bond motifs is 1. The molecule has 3 aromatic rings. The van der Waals surface area contributed by atoms with Crippen molar-refractivity contribution in [3.8, 4) is 0 Å². The van der Waals surface area contributed by atoms with Crippen molar-refractivity contribution in [2.75, 3.05) is 29.6 Å². The summed E-state index contributed by atoms with van der Waals surface area (Å²) in [6, 6.07) is 15.8. The lowest BCUT2D eigenvalue weighted by molar-refractivity contribution is -0.120. The Labute approximate surface area is 163 Å². The van der Waals surface area contributed by atoms with Crippen molar-refractivity contribution in [2.24, 2.45) is 5.92 Å². The highest BCUT2D eigenvalue weighted by atomic mass is 32.2. The minimum absolute atomic E-state index is 0.0510. The summed E-state index contributed by atoms with van der Waals surface area (Å²) in [5.74, 6) is 0.868. The predicted octanol–water partition coefficient (Wildman–Crippen LogP) is 4.21. The van der Waals surface area contributed by atoms with Gasteiger partial charge >= 0.3 is 0 Å². The molecule has 1 saturated heterocycles. The highest BCUT2D eigenvalue weighted by Gasteiger charge is 2.27. The SMILES string of the molecule is CSc1cccc(NC(=O)[C@@H]2CCCN(c3cnc4ccccc4n3)C2)c1. The van der Waals surface area contributed by atoms with Crippen molar-refractivity contribution in [3.05, 3.63) is 54.7 Å². The summed E-state index contributed by atoms with van der Waals surface area (Å²) in [4.78, 5) is 25.3. The zero-order valence-corrected chi connectivity index (χ0v) is 16.1. The van der Waals surface area contributed by atoms with E-state index in [0.29, 0.717) is 6.54 Å². The van der Waals surface area contributed by atoms with Gasteiger partial charge < -0.3 is 10.2 Å². The van der Waals surface area contributed by atoms with Gasteiger partial charge in [-0.2, -0.15) is 0 Å². The second-order valence-corrected chi connectivity index (χ2v) is 7.60. The van der Waals surface area contributed by atoms with Gasteiger partial charge in [0.25, 0.3) is 0 Å². The number of anilines is 2. The lowest BCUT2D eigenvalue weighted by atomic mass is 9.97. The Balaban J connectivity index is 1.47. The second-order valence-electron chi connectivity index (χ2n) is 6.72. The number of nitrogens with one attached hydrogen (secondary N) is 1. The molecule has 0 unspecified atom stereocenters. The van der Waals surface area contributed by atoms with Crippen LogP contribution < -0.4 is 10.2 Å². The number of hydrogen-bond donors (Lipinski definition) is 1. The third-order valence-corrected chi connectivity index (χ3v) is 5.61. The van der Waals surface area contributed by atoms with Crippen LogP contribution in [0.25, 0.3) is 11.0 Å². The van der Waals surface area contributed by atoms with Crippen molar-refractivity contribution in [1.82, 2.24) is 9.97 Å². The summed E-state index contributed by atoms with van der Waals surface area (Å²) < 4.78 is 0. The standard InChI is InChI=1S/C21H22N4OS/c1-27-17-8-4-7-16(12-17)23-21(26)15-6-5-11-25(14-15)20-13-22-18-9-2-3-10-19(18)24-20/h2-4,7-10,12-13,15H,5-6,11,14H2,1H3,(H,23,26)/t15-/m1/s1. The molecule has 0 radical (unpaired) electrons. The first-order valence-corrected chi connectivity index (χ1v) is 10.4. The third kappa shape index (κ3) is 4.06. The Morgan fingerprint density at radius 2 is 2.04 bits per heavy atom. The van der Waals surface area contributed by atoms with Crippen LogP contribution in [0.1, 0.15) is 12.8 Å². The largest absolute Gasteiger partial charge is 0.355 e. The number of amides is 1. The van der Waals surface area contributed by atoms with E-state index >= 15 is 0 Å². The van der Waals surface area contributed by atoms with Crippen LogP contribution in [0.5, 0.6) is 0 Å². The smallest absolute Gasteiger partial charge is 0.229 e. The average Bonchev–Trinajstić information content (AvgIpc) is 2.73. The molecular formula is C21H22N4OS. The normalized spacial score (nSPS) is 17.1. The maximum atomic E-state index is 12.8. The molecular weight excluding hydrogens is 356 g/mol. The van der Waals surface area contributed by atoms with E-state index < -0.39 is 0 Å². The van der Waals surface area contributed by atoms with Crippen LogP contribution in [0, 0.1) is 5.92 Å². The van der Waals surface area contributed by atoms with Crippen molar-refractivity contribution in [2.45, 2.75) is 17.7 Å². The average molecular weight is 379 g/mol. The van der Waals surface area contributed by atoms with Gasteiger partial charge in [0.05, 0.1) is 23.1 Å². The fourth-order valence-electron chi connectivity index (χ4n) is 3.44. The number of carbonyl (C=O) groups excluding carboxylic acids is 1. The van der Waals surface area contributed by atoms with E-state index in [-0.39, 0.29) is 11.8 Å². The molecule has 27 heavy (non-hydrogen) atoms. The van der Waals surface area contributed by atoms with Crippen molar-refractivity contribution < 1.29 is 4.79 Å². The molecule has 1 aliphatic heterocycles. The van der Waals surface area contributed by atoms with Crippen LogP contribution in [-0.2, 0) is 4.79 Å². The maximum Gasteiger partial charge on any atom is 0.229 e. The predicted molar refractivity (Wildman–Crippen MR) is 111 cm³/mol. The Morgan fingerprint density at radius 3 is 2.89 bits per heavy atom. The molecule has 1 fully saturated rings. The van der Waals surface area contributed by atoms with Gasteiger partial charge in [0, 0.05) is 23.7 Å². The molecule has 6 heteroatoms. The Bertz CT molecular complexity index is 962. The Morgan fingerprint density at radius 1 is 1.19 bits per heavy atom. The van der Waals surface area contributed by atoms with E-state index in [9.17, 15) is 4.79 Å². The van der Waals surface area contributed by atoms with E-state index in [4.69, 9.17) is 4.98 Å². The summed E-state index contributed by atoms with van der Waals surface area (Å²) in [5, 5.41) is 3.07. The molecule has 1 atom stereocenters. The number of rotatable bonds is 4. The molecule has 2 aromatic carbocycles. The monoisotopic (exact) mass is 378 g/mol. The van der Waals surface area contributed by atoms with Gasteiger partial charge in [-0.25, -0.2) is 4.98 Å². The van der Waals surface area contributed by atoms with E-state index in [0.717, 1.165) is 46.8 Å². The molecule has 1 aliphatic rings. The van der Waals surface area contributed by atoms with Crippen molar-refractivity contribution in [3.63, 3.8) is 0 Å². The fourth-order valence-corrected chi connectivity index (χ4v) is 3.90. The minimum Gasteiger partial charge on any atom is -0.355 e. The molecule has 4 rings (SSSR count). The van der Waals surface area contributed by atoms with Crippen LogP contribution in [0.3, 0.4) is 0 Å². The van der Waals surface area contributed by atoms with Gasteiger partial charge in [-0.15, -0.1) is 11.8 Å². The molecule has 0 saturated carbocycles. The number of benzene rings is 2. The number of thioether (sulfide) groups is 1. The van der Waals surface area contributed by atoms with Crippen LogP contribution in [0.4, 0.5) is 11.5 Å². The maximum absolute atomic E-state index is 12.8. The van der Waals surface area contributed by atoms with Gasteiger partial charge in [-0.3, -0.25) is 9.78 Å². The molecule has 1 N–H and O–H groups in total. The summed E-state index contributed by atoms with van der Waals surface area (Å²) in [7, 11) is 0. The van der Waals surface area contributed by atoms with Gasteiger partial charge in [-0.1, -0.05) is 18.2 Å². The lowest BCUT2D eigenvalue weighted by Gasteiger charge is -2.32. The van der Waals surface area contributed by atoms with Gasteiger partial charge in [-0.05, 0) is 49.4 Å². The zero-order chi connectivity index (χ0) is 18.6. The molecule has 2 heterocycles. The second kappa shape index (κ2) is 7.96. The summed E-state index contributed by atoms with van der Waals surface area (Å²) in [6.45, 7) is 1.57. The van der Waals surface area contributed by atoms with Gasteiger partial charge in [0.1, 0.15) is 5.82 Å². The summed E-state index contributed by atoms with van der Waals surface area (Å²) >= 11 is 1.67. The van der Waals surface area contributed by atoms with Crippen LogP contribution in [-0.4, -0.2) is 35.2 Å². The first-order chi connectivity index (χ1) is 13.2. The number of nitrogens with zero attached hydrogens (tertiary/aromatic N) is 3. The van der Waals surface area contributed by atoms with Crippen molar-refractivity contribution >= 4 is 40.2 Å². The first-order valence-electron chi connectivity index (χ1n) is 9.14.